The van der Waals surface area contributed by atoms with E-state index in [2.05, 4.69) is 30.9 Å². The number of H-pyrrole nitrogens is 1. The Kier molecular flexibility index (Phi) is 12.1. The molecule has 1 rings (SSSR count). The van der Waals surface area contributed by atoms with Crippen molar-refractivity contribution in [1.82, 2.24) is 25.9 Å². The van der Waals surface area contributed by atoms with Gasteiger partial charge in [0.05, 0.1) is 18.9 Å². The van der Waals surface area contributed by atoms with Crippen LogP contribution in [0.25, 0.3) is 0 Å². The number of aromatic nitrogens is 2. The summed E-state index contributed by atoms with van der Waals surface area (Å²) in [6.45, 7) is 3.52. The average molecular weight is 482 g/mol. The lowest BCUT2D eigenvalue weighted by atomic mass is 10.0. The first kappa shape index (κ1) is 28.4. The van der Waals surface area contributed by atoms with Gasteiger partial charge < -0.3 is 43.2 Å². The second-order valence-electron chi connectivity index (χ2n) is 8.20. The van der Waals surface area contributed by atoms with Gasteiger partial charge in [-0.1, -0.05) is 13.8 Å². The van der Waals surface area contributed by atoms with Gasteiger partial charge in [-0.15, -0.1) is 0 Å². The number of nitrogens with one attached hydrogen (secondary N) is 4. The van der Waals surface area contributed by atoms with Crippen LogP contribution in [0.2, 0.25) is 0 Å². The van der Waals surface area contributed by atoms with Crippen LogP contribution < -0.4 is 33.2 Å². The van der Waals surface area contributed by atoms with Gasteiger partial charge in [-0.25, -0.2) is 9.78 Å². The standard InChI is InChI=1S/C20H35N9O5/c1-11(2)6-15(29-17(31)13(21)7-12-8-24-10-27-12)18(32)26-9-16(30)28-14(19(33)34)4-3-5-25-20(22)23/h8,10-11,13-15H,3-7,9,21H2,1-2H3,(H,24,27)(H,26,32)(H,28,30)(H,29,31)(H,33,34)(H4,22,23,25). The van der Waals surface area contributed by atoms with Crippen LogP contribution in [-0.4, -0.2) is 75.9 Å². The summed E-state index contributed by atoms with van der Waals surface area (Å²) >= 11 is 0. The molecule has 0 saturated carbocycles. The molecule has 0 aliphatic heterocycles. The summed E-state index contributed by atoms with van der Waals surface area (Å²) < 4.78 is 0. The largest absolute Gasteiger partial charge is 0.480 e. The molecule has 1 aromatic rings. The van der Waals surface area contributed by atoms with E-state index in [1.54, 1.807) is 6.20 Å². The lowest BCUT2D eigenvalue weighted by Gasteiger charge is -2.22. The van der Waals surface area contributed by atoms with Crippen LogP contribution in [0.15, 0.2) is 17.5 Å². The summed E-state index contributed by atoms with van der Waals surface area (Å²) in [5.41, 5.74) is 17.0. The highest BCUT2D eigenvalue weighted by Gasteiger charge is 2.26. The summed E-state index contributed by atoms with van der Waals surface area (Å²) in [7, 11) is 0. The zero-order chi connectivity index (χ0) is 25.7. The van der Waals surface area contributed by atoms with Gasteiger partial charge in [-0.05, 0) is 25.2 Å². The van der Waals surface area contributed by atoms with Crippen molar-refractivity contribution in [2.75, 3.05) is 13.1 Å². The average Bonchev–Trinajstić information content (AvgIpc) is 3.25. The molecule has 11 N–H and O–H groups in total. The number of nitrogens with two attached hydrogens (primary N) is 3. The third-order valence-electron chi connectivity index (χ3n) is 4.67. The summed E-state index contributed by atoms with van der Waals surface area (Å²) in [5.74, 6) is -3.05. The molecule has 3 amide bonds. The topological polar surface area (TPSA) is 244 Å². The minimum Gasteiger partial charge on any atom is -0.480 e. The minimum atomic E-state index is -1.22. The van der Waals surface area contributed by atoms with Crippen molar-refractivity contribution < 1.29 is 24.3 Å². The van der Waals surface area contributed by atoms with E-state index in [1.165, 1.54) is 6.33 Å². The third-order valence-corrected chi connectivity index (χ3v) is 4.67. The number of imidazole rings is 1. The predicted octanol–water partition coefficient (Wildman–Crippen LogP) is -2.45. The molecule has 3 atom stereocenters. The number of aromatic amines is 1. The van der Waals surface area contributed by atoms with Gasteiger partial charge in [-0.2, -0.15) is 0 Å². The maximum absolute atomic E-state index is 12.6. The van der Waals surface area contributed by atoms with Gasteiger partial charge in [-0.3, -0.25) is 19.4 Å². The Morgan fingerprint density at radius 1 is 1.15 bits per heavy atom. The highest BCUT2D eigenvalue weighted by molar-refractivity contribution is 5.92. The van der Waals surface area contributed by atoms with E-state index >= 15 is 0 Å². The number of carboxylic acid groups (broad SMARTS) is 1. The van der Waals surface area contributed by atoms with Crippen molar-refractivity contribution in [2.45, 2.75) is 57.7 Å². The summed E-state index contributed by atoms with van der Waals surface area (Å²) in [4.78, 5) is 59.1. The van der Waals surface area contributed by atoms with E-state index in [-0.39, 0.29) is 31.3 Å². The fraction of sp³-hybridized carbons (Fsp3) is 0.600. The third kappa shape index (κ3) is 11.3. The number of rotatable bonds is 15. The number of aliphatic carboxylic acids is 1. The van der Waals surface area contributed by atoms with Crippen molar-refractivity contribution in [3.05, 3.63) is 18.2 Å². The molecule has 0 aliphatic carbocycles. The second-order valence-corrected chi connectivity index (χ2v) is 8.20. The molecule has 1 aromatic heterocycles. The fourth-order valence-corrected chi connectivity index (χ4v) is 3.00. The van der Waals surface area contributed by atoms with Gasteiger partial charge in [0.2, 0.25) is 17.7 Å². The Labute approximate surface area is 197 Å². The summed E-state index contributed by atoms with van der Waals surface area (Å²) in [6.07, 6.45) is 3.99. The molecular formula is C20H35N9O5. The van der Waals surface area contributed by atoms with E-state index < -0.39 is 48.4 Å². The molecule has 0 saturated heterocycles. The van der Waals surface area contributed by atoms with Crippen molar-refractivity contribution in [2.24, 2.45) is 28.1 Å². The first-order valence-corrected chi connectivity index (χ1v) is 10.9. The van der Waals surface area contributed by atoms with Gasteiger partial charge in [0.15, 0.2) is 5.96 Å². The van der Waals surface area contributed by atoms with Crippen LogP contribution in [0.1, 0.15) is 38.8 Å². The highest BCUT2D eigenvalue weighted by atomic mass is 16.4. The fourth-order valence-electron chi connectivity index (χ4n) is 3.00. The number of hydrogen-bond acceptors (Lipinski definition) is 7. The number of carbonyl (C=O) groups is 4. The van der Waals surface area contributed by atoms with E-state index in [1.807, 2.05) is 13.8 Å². The Morgan fingerprint density at radius 2 is 1.85 bits per heavy atom. The number of guanidine groups is 1. The van der Waals surface area contributed by atoms with Crippen LogP contribution in [0.5, 0.6) is 0 Å². The Balaban J connectivity index is 2.59. The number of nitrogens with zero attached hydrogens (tertiary/aromatic N) is 2. The molecule has 190 valence electrons. The Hall–Kier alpha value is -3.68. The number of carbonyl (C=O) groups excluding carboxylic acids is 3. The van der Waals surface area contributed by atoms with Gasteiger partial charge in [0.1, 0.15) is 12.1 Å². The van der Waals surface area contributed by atoms with Gasteiger partial charge >= 0.3 is 5.97 Å². The summed E-state index contributed by atoms with van der Waals surface area (Å²) in [5, 5.41) is 16.7. The number of aliphatic imine (C=N–C) groups is 1. The lowest BCUT2D eigenvalue weighted by Crippen LogP contribution is -2.54. The molecule has 0 aromatic carbocycles. The maximum Gasteiger partial charge on any atom is 0.326 e. The van der Waals surface area contributed by atoms with Crippen LogP contribution >= 0.6 is 0 Å². The molecule has 14 nitrogen and oxygen atoms in total. The number of amides is 3. The van der Waals surface area contributed by atoms with Crippen LogP contribution in [0.3, 0.4) is 0 Å². The Morgan fingerprint density at radius 3 is 2.41 bits per heavy atom. The predicted molar refractivity (Wildman–Crippen MR) is 124 cm³/mol. The smallest absolute Gasteiger partial charge is 0.326 e. The Bertz CT molecular complexity index is 837. The zero-order valence-electron chi connectivity index (χ0n) is 19.4. The monoisotopic (exact) mass is 481 g/mol. The molecule has 0 fully saturated rings. The second kappa shape index (κ2) is 14.5. The van der Waals surface area contributed by atoms with E-state index in [0.717, 1.165) is 0 Å². The molecule has 3 unspecified atom stereocenters. The van der Waals surface area contributed by atoms with Crippen molar-refractivity contribution in [3.63, 3.8) is 0 Å². The number of carboxylic acids is 1. The zero-order valence-corrected chi connectivity index (χ0v) is 19.4. The first-order valence-electron chi connectivity index (χ1n) is 10.9. The van der Waals surface area contributed by atoms with Crippen LogP contribution in [0.4, 0.5) is 0 Å². The number of hydrogen-bond donors (Lipinski definition) is 8. The molecule has 0 radical (unpaired) electrons. The van der Waals surface area contributed by atoms with E-state index in [9.17, 15) is 24.3 Å². The molecule has 14 heteroatoms. The molecule has 0 spiro atoms. The van der Waals surface area contributed by atoms with E-state index in [0.29, 0.717) is 18.5 Å². The minimum absolute atomic E-state index is 0.0651. The molecule has 34 heavy (non-hydrogen) atoms. The highest BCUT2D eigenvalue weighted by Crippen LogP contribution is 2.06. The van der Waals surface area contributed by atoms with Crippen LogP contribution in [-0.2, 0) is 25.6 Å². The van der Waals surface area contributed by atoms with Gasteiger partial charge in [0.25, 0.3) is 0 Å². The molecule has 0 aliphatic rings. The van der Waals surface area contributed by atoms with Crippen molar-refractivity contribution in [3.8, 4) is 0 Å². The first-order chi connectivity index (χ1) is 16.0. The molecule has 1 heterocycles. The lowest BCUT2D eigenvalue weighted by molar-refractivity contribution is -0.142. The maximum atomic E-state index is 12.6. The molecule has 0 bridgehead atoms. The summed E-state index contributed by atoms with van der Waals surface area (Å²) in [6, 6.07) is -2.98. The van der Waals surface area contributed by atoms with Crippen molar-refractivity contribution in [1.29, 1.82) is 0 Å². The quantitative estimate of drug-likeness (QED) is 0.0751. The SMILES string of the molecule is CC(C)CC(NC(=O)C(N)Cc1cnc[nH]1)C(=O)NCC(=O)NC(CCCN=C(N)N)C(=O)O. The van der Waals surface area contributed by atoms with Gasteiger partial charge in [0, 0.05) is 24.9 Å². The molecular weight excluding hydrogens is 446 g/mol. The normalized spacial score (nSPS) is 13.4. The van der Waals surface area contributed by atoms with Crippen molar-refractivity contribution >= 4 is 29.7 Å². The van der Waals surface area contributed by atoms with Crippen LogP contribution in [0, 0.1) is 5.92 Å². The van der Waals surface area contributed by atoms with E-state index in [4.69, 9.17) is 17.2 Å².